The van der Waals surface area contributed by atoms with E-state index in [0.717, 1.165) is 0 Å². The van der Waals surface area contributed by atoms with Gasteiger partial charge in [0.2, 0.25) is 0 Å². The van der Waals surface area contributed by atoms with Gasteiger partial charge in [0.15, 0.2) is 5.09 Å². The Hall–Kier alpha value is 0.390. The van der Waals surface area contributed by atoms with E-state index < -0.39 is 11.1 Å². The van der Waals surface area contributed by atoms with Crippen LogP contribution in [-0.4, -0.2) is 8.76 Å². The van der Waals surface area contributed by atoms with Gasteiger partial charge in [-0.05, 0) is 12.1 Å². The van der Waals surface area contributed by atoms with Crippen molar-refractivity contribution in [3.05, 3.63) is 18.4 Å². The molecule has 0 amide bonds. The van der Waals surface area contributed by atoms with Crippen molar-refractivity contribution < 1.29 is 42.7 Å². The van der Waals surface area contributed by atoms with Gasteiger partial charge in [0.25, 0.3) is 0 Å². The minimum atomic E-state index is -2.21. The summed E-state index contributed by atoms with van der Waals surface area (Å²) in [4.78, 5) is 0. The van der Waals surface area contributed by atoms with Crippen LogP contribution >= 0.6 is 0 Å². The summed E-state index contributed by atoms with van der Waals surface area (Å²) in [5, 5.41) is -0.0231. The molecule has 0 aliphatic carbocycles. The van der Waals surface area contributed by atoms with E-state index in [2.05, 4.69) is 4.42 Å². The molecule has 0 radical (unpaired) electrons. The van der Waals surface area contributed by atoms with E-state index in [-0.39, 0.29) is 34.6 Å². The van der Waals surface area contributed by atoms with E-state index in [1.165, 1.54) is 18.4 Å². The maximum absolute atomic E-state index is 9.97. The van der Waals surface area contributed by atoms with Gasteiger partial charge in [0.1, 0.15) is 0 Å². The Bertz CT molecular complexity index is 184. The molecule has 1 heterocycles. The molecule has 0 aliphatic heterocycles. The van der Waals surface area contributed by atoms with E-state index in [1.54, 1.807) is 0 Å². The largest absolute Gasteiger partial charge is 1.00 e. The molecule has 0 bridgehead atoms. The molecule has 9 heavy (non-hydrogen) atoms. The zero-order chi connectivity index (χ0) is 5.98. The molecule has 0 saturated heterocycles. The fourth-order valence-electron chi connectivity index (χ4n) is 0.358. The van der Waals surface area contributed by atoms with E-state index in [1.807, 2.05) is 0 Å². The van der Waals surface area contributed by atoms with E-state index in [0.29, 0.717) is 0 Å². The number of rotatable bonds is 1. The summed E-state index contributed by atoms with van der Waals surface area (Å²) in [5.41, 5.74) is 0. The predicted molar refractivity (Wildman–Crippen MR) is 25.9 cm³/mol. The molecule has 1 unspecified atom stereocenters. The molecule has 1 rings (SSSR count). The monoisotopic (exact) mass is 154 g/mol. The molecular weight excluding hydrogens is 151 g/mol. The summed E-state index contributed by atoms with van der Waals surface area (Å²) in [6.45, 7) is 0. The van der Waals surface area contributed by atoms with Crippen LogP contribution < -0.4 is 29.6 Å². The van der Waals surface area contributed by atoms with Crippen LogP contribution in [0.3, 0.4) is 0 Å². The third-order valence-electron chi connectivity index (χ3n) is 0.659. The van der Waals surface area contributed by atoms with Crippen molar-refractivity contribution >= 4 is 11.1 Å². The molecule has 1 aromatic rings. The summed E-state index contributed by atoms with van der Waals surface area (Å²) < 4.78 is 24.4. The van der Waals surface area contributed by atoms with Crippen molar-refractivity contribution in [2.24, 2.45) is 0 Å². The van der Waals surface area contributed by atoms with Gasteiger partial charge in [-0.3, -0.25) is 4.21 Å². The number of hydrogen-bond donors (Lipinski definition) is 0. The molecule has 0 fully saturated rings. The predicted octanol–water partition coefficient (Wildman–Crippen LogP) is -2.48. The van der Waals surface area contributed by atoms with Gasteiger partial charge in [0, 0.05) is 11.1 Å². The van der Waals surface area contributed by atoms with E-state index in [4.69, 9.17) is 0 Å². The number of hydrogen-bond acceptors (Lipinski definition) is 3. The molecule has 0 aromatic carbocycles. The second kappa shape index (κ2) is 4.24. The second-order valence-electron chi connectivity index (χ2n) is 1.17. The van der Waals surface area contributed by atoms with Gasteiger partial charge in [0.05, 0.1) is 6.26 Å². The fourth-order valence-corrected chi connectivity index (χ4v) is 0.682. The Morgan fingerprint density at radius 3 is 2.56 bits per heavy atom. The summed E-state index contributed by atoms with van der Waals surface area (Å²) in [5.74, 6) is 0. The van der Waals surface area contributed by atoms with Crippen molar-refractivity contribution in [3.8, 4) is 0 Å². The van der Waals surface area contributed by atoms with Crippen LogP contribution in [0.15, 0.2) is 27.9 Å². The van der Waals surface area contributed by atoms with Crippen LogP contribution in [0, 0.1) is 0 Å². The Kier molecular flexibility index (Phi) is 4.43. The average molecular weight is 154 g/mol. The fraction of sp³-hybridized carbons (Fsp3) is 0. The van der Waals surface area contributed by atoms with Crippen molar-refractivity contribution in [1.29, 1.82) is 0 Å². The quantitative estimate of drug-likeness (QED) is 0.332. The SMILES string of the molecule is O=S([O-])c1ccco1.[Na+]. The molecule has 3 nitrogen and oxygen atoms in total. The molecular formula is C4H3NaO3S. The first-order chi connectivity index (χ1) is 3.80. The smallest absolute Gasteiger partial charge is 0.766 e. The third-order valence-corrected chi connectivity index (χ3v) is 1.22. The summed E-state index contributed by atoms with van der Waals surface area (Å²) >= 11 is -2.21. The van der Waals surface area contributed by atoms with Crippen LogP contribution in [0.1, 0.15) is 0 Å². The molecule has 0 N–H and O–H groups in total. The van der Waals surface area contributed by atoms with Crippen molar-refractivity contribution in [2.75, 3.05) is 0 Å². The van der Waals surface area contributed by atoms with Crippen LogP contribution in [-0.2, 0) is 11.1 Å². The zero-order valence-corrected chi connectivity index (χ0v) is 7.68. The van der Waals surface area contributed by atoms with Gasteiger partial charge < -0.3 is 8.97 Å². The zero-order valence-electron chi connectivity index (χ0n) is 4.87. The van der Waals surface area contributed by atoms with Crippen LogP contribution in [0.5, 0.6) is 0 Å². The number of furan rings is 1. The van der Waals surface area contributed by atoms with Gasteiger partial charge in [-0.25, -0.2) is 0 Å². The van der Waals surface area contributed by atoms with Crippen LogP contribution in [0.2, 0.25) is 0 Å². The van der Waals surface area contributed by atoms with Gasteiger partial charge >= 0.3 is 29.6 Å². The third kappa shape index (κ3) is 2.64. The topological polar surface area (TPSA) is 53.3 Å². The molecule has 0 saturated carbocycles. The minimum Gasteiger partial charge on any atom is -0.766 e. The van der Waals surface area contributed by atoms with E-state index >= 15 is 0 Å². The first-order valence-corrected chi connectivity index (χ1v) is 3.01. The van der Waals surface area contributed by atoms with Crippen molar-refractivity contribution in [3.63, 3.8) is 0 Å². The molecule has 1 atom stereocenters. The first-order valence-electron chi connectivity index (χ1n) is 1.93. The van der Waals surface area contributed by atoms with E-state index in [9.17, 15) is 8.76 Å². The Labute approximate surface area is 77.0 Å². The minimum absolute atomic E-state index is 0. The molecule has 44 valence electrons. The summed E-state index contributed by atoms with van der Waals surface area (Å²) in [7, 11) is 0. The van der Waals surface area contributed by atoms with Crippen LogP contribution in [0.25, 0.3) is 0 Å². The Balaban J connectivity index is 0.000000640. The second-order valence-corrected chi connectivity index (χ2v) is 2.04. The van der Waals surface area contributed by atoms with Gasteiger partial charge in [-0.1, -0.05) is 0 Å². The molecule has 0 aliphatic rings. The normalized spacial score (nSPS) is 12.1. The maximum atomic E-state index is 9.97. The standard InChI is InChI=1S/C4H4O3S.Na/c5-8(6)4-2-1-3-7-4;/h1-3H,(H,5,6);/q;+1/p-1. The van der Waals surface area contributed by atoms with Gasteiger partial charge in [-0.2, -0.15) is 0 Å². The van der Waals surface area contributed by atoms with Crippen molar-refractivity contribution in [1.82, 2.24) is 0 Å². The molecule has 0 spiro atoms. The van der Waals surface area contributed by atoms with Crippen LogP contribution in [0.4, 0.5) is 0 Å². The Morgan fingerprint density at radius 1 is 1.67 bits per heavy atom. The van der Waals surface area contributed by atoms with Gasteiger partial charge in [-0.15, -0.1) is 0 Å². The summed E-state index contributed by atoms with van der Waals surface area (Å²) in [6.07, 6.45) is 1.31. The van der Waals surface area contributed by atoms with Crippen molar-refractivity contribution in [2.45, 2.75) is 5.09 Å². The molecule has 5 heteroatoms. The Morgan fingerprint density at radius 2 is 2.33 bits per heavy atom. The maximum Gasteiger partial charge on any atom is 1.00 e. The summed E-state index contributed by atoms with van der Waals surface area (Å²) in [6, 6.07) is 2.90. The molecule has 1 aromatic heterocycles. The first kappa shape index (κ1) is 9.39. The average Bonchev–Trinajstić information content (AvgIpc) is 2.12.